The molecule has 0 amide bonds. The van der Waals surface area contributed by atoms with E-state index in [1.807, 2.05) is 48.5 Å². The normalized spacial score (nSPS) is 16.2. The number of esters is 1. The van der Waals surface area contributed by atoms with E-state index in [-0.39, 0.29) is 5.41 Å². The Hall–Kier alpha value is -2.20. The highest BCUT2D eigenvalue weighted by Gasteiger charge is 2.24. The SMILES string of the molecule is CC(C)(C)c1ccc(C2=N/C(=C/c3ccc(Br)cc3)C(=O)O2)cc1. The van der Waals surface area contributed by atoms with Gasteiger partial charge in [0.2, 0.25) is 5.90 Å². The average Bonchev–Trinajstić information content (AvgIpc) is 2.90. The van der Waals surface area contributed by atoms with Crippen LogP contribution in [0.15, 0.2) is 63.7 Å². The summed E-state index contributed by atoms with van der Waals surface area (Å²) in [5, 5.41) is 0. The van der Waals surface area contributed by atoms with Crippen molar-refractivity contribution in [1.82, 2.24) is 0 Å². The summed E-state index contributed by atoms with van der Waals surface area (Å²) < 4.78 is 6.30. The fraction of sp³-hybridized carbons (Fsp3) is 0.200. The minimum Gasteiger partial charge on any atom is -0.402 e. The van der Waals surface area contributed by atoms with Crippen LogP contribution in [0, 0.1) is 0 Å². The van der Waals surface area contributed by atoms with Crippen LogP contribution in [0.25, 0.3) is 6.08 Å². The second kappa shape index (κ2) is 6.36. The summed E-state index contributed by atoms with van der Waals surface area (Å²) in [7, 11) is 0. The number of hydrogen-bond acceptors (Lipinski definition) is 3. The molecule has 2 aromatic rings. The van der Waals surface area contributed by atoms with Crippen molar-refractivity contribution in [1.29, 1.82) is 0 Å². The largest absolute Gasteiger partial charge is 0.402 e. The van der Waals surface area contributed by atoms with E-state index in [0.29, 0.717) is 11.6 Å². The highest BCUT2D eigenvalue weighted by molar-refractivity contribution is 9.10. The molecule has 0 saturated heterocycles. The van der Waals surface area contributed by atoms with Gasteiger partial charge in [-0.05, 0) is 46.9 Å². The average molecular weight is 384 g/mol. The van der Waals surface area contributed by atoms with Gasteiger partial charge in [0.1, 0.15) is 0 Å². The van der Waals surface area contributed by atoms with Gasteiger partial charge >= 0.3 is 5.97 Å². The van der Waals surface area contributed by atoms with E-state index in [1.165, 1.54) is 5.56 Å². The van der Waals surface area contributed by atoms with E-state index < -0.39 is 5.97 Å². The summed E-state index contributed by atoms with van der Waals surface area (Å²) >= 11 is 3.39. The first-order chi connectivity index (χ1) is 11.3. The molecular weight excluding hydrogens is 366 g/mol. The van der Waals surface area contributed by atoms with Crippen molar-refractivity contribution in [3.8, 4) is 0 Å². The van der Waals surface area contributed by atoms with Crippen molar-refractivity contribution >= 4 is 33.9 Å². The minimum atomic E-state index is -0.423. The summed E-state index contributed by atoms with van der Waals surface area (Å²) in [5.41, 5.74) is 3.32. The first-order valence-corrected chi connectivity index (χ1v) is 8.51. The maximum absolute atomic E-state index is 12.0. The standard InChI is InChI=1S/C20H18BrNO2/c1-20(2,3)15-8-6-14(7-9-15)18-22-17(19(23)24-18)12-13-4-10-16(21)11-5-13/h4-12H,1-3H3/b17-12+. The molecular formula is C20H18BrNO2. The molecule has 3 rings (SSSR count). The van der Waals surface area contributed by atoms with Crippen LogP contribution in [0.4, 0.5) is 0 Å². The number of hydrogen-bond donors (Lipinski definition) is 0. The van der Waals surface area contributed by atoms with E-state index in [4.69, 9.17) is 4.74 Å². The molecule has 0 spiro atoms. The number of nitrogens with zero attached hydrogens (tertiary/aromatic N) is 1. The molecule has 3 nitrogen and oxygen atoms in total. The topological polar surface area (TPSA) is 38.7 Å². The van der Waals surface area contributed by atoms with Gasteiger partial charge in [-0.3, -0.25) is 0 Å². The Labute approximate surface area is 150 Å². The van der Waals surface area contributed by atoms with Crippen molar-refractivity contribution in [2.24, 2.45) is 4.99 Å². The Balaban J connectivity index is 1.87. The molecule has 0 saturated carbocycles. The molecule has 0 N–H and O–H groups in total. The zero-order valence-corrected chi connectivity index (χ0v) is 15.4. The number of carbonyl (C=O) groups is 1. The van der Waals surface area contributed by atoms with Crippen LogP contribution in [-0.4, -0.2) is 11.9 Å². The molecule has 1 aliphatic heterocycles. The molecule has 0 atom stereocenters. The lowest BCUT2D eigenvalue weighted by atomic mass is 9.87. The summed E-state index contributed by atoms with van der Waals surface area (Å²) in [5.74, 6) is -0.0726. The lowest BCUT2D eigenvalue weighted by Gasteiger charge is -2.18. The fourth-order valence-corrected chi connectivity index (χ4v) is 2.63. The highest BCUT2D eigenvalue weighted by Crippen LogP contribution is 2.24. The molecule has 4 heteroatoms. The molecule has 0 bridgehead atoms. The van der Waals surface area contributed by atoms with Crippen LogP contribution in [0.3, 0.4) is 0 Å². The molecule has 122 valence electrons. The van der Waals surface area contributed by atoms with Crippen molar-refractivity contribution in [3.05, 3.63) is 75.4 Å². The maximum atomic E-state index is 12.0. The van der Waals surface area contributed by atoms with Gasteiger partial charge < -0.3 is 4.74 Å². The van der Waals surface area contributed by atoms with Crippen LogP contribution in [0.2, 0.25) is 0 Å². The predicted octanol–water partition coefficient (Wildman–Crippen LogP) is 5.09. The number of rotatable bonds is 2. The Morgan fingerprint density at radius 1 is 1.00 bits per heavy atom. The van der Waals surface area contributed by atoms with Crippen LogP contribution in [0.1, 0.15) is 37.5 Å². The molecule has 0 aromatic heterocycles. The number of halogens is 1. The number of carbonyl (C=O) groups excluding carboxylic acids is 1. The molecule has 2 aromatic carbocycles. The van der Waals surface area contributed by atoms with Crippen molar-refractivity contribution in [3.63, 3.8) is 0 Å². The first-order valence-electron chi connectivity index (χ1n) is 7.72. The quantitative estimate of drug-likeness (QED) is 0.534. The van der Waals surface area contributed by atoms with Crippen LogP contribution < -0.4 is 0 Å². The van der Waals surface area contributed by atoms with Gasteiger partial charge in [-0.15, -0.1) is 0 Å². The molecule has 0 fully saturated rings. The maximum Gasteiger partial charge on any atom is 0.363 e. The molecule has 0 unspecified atom stereocenters. The second-order valence-electron chi connectivity index (χ2n) is 6.71. The third kappa shape index (κ3) is 3.65. The Kier molecular flexibility index (Phi) is 4.41. The minimum absolute atomic E-state index is 0.0827. The Morgan fingerprint density at radius 2 is 1.62 bits per heavy atom. The molecule has 24 heavy (non-hydrogen) atoms. The monoisotopic (exact) mass is 383 g/mol. The summed E-state index contributed by atoms with van der Waals surface area (Å²) in [6.45, 7) is 6.48. The van der Waals surface area contributed by atoms with Crippen molar-refractivity contribution in [2.75, 3.05) is 0 Å². The van der Waals surface area contributed by atoms with Crippen molar-refractivity contribution < 1.29 is 9.53 Å². The highest BCUT2D eigenvalue weighted by atomic mass is 79.9. The number of benzene rings is 2. The lowest BCUT2D eigenvalue weighted by Crippen LogP contribution is -2.11. The van der Waals surface area contributed by atoms with Gasteiger partial charge in [-0.25, -0.2) is 9.79 Å². The number of ether oxygens (including phenoxy) is 1. The summed E-state index contributed by atoms with van der Waals surface area (Å²) in [4.78, 5) is 16.4. The number of aliphatic imine (C=N–C) groups is 1. The zero-order valence-electron chi connectivity index (χ0n) is 13.8. The van der Waals surface area contributed by atoms with Crippen LogP contribution >= 0.6 is 15.9 Å². The van der Waals surface area contributed by atoms with E-state index in [2.05, 4.69) is 41.7 Å². The van der Waals surface area contributed by atoms with Gasteiger partial charge in [0.05, 0.1) is 0 Å². The van der Waals surface area contributed by atoms with E-state index in [1.54, 1.807) is 6.08 Å². The smallest absolute Gasteiger partial charge is 0.363 e. The Bertz CT molecular complexity index is 825. The summed E-state index contributed by atoms with van der Waals surface area (Å²) in [6, 6.07) is 15.6. The van der Waals surface area contributed by atoms with E-state index >= 15 is 0 Å². The first kappa shape index (κ1) is 16.7. The van der Waals surface area contributed by atoms with Gasteiger partial charge in [0.25, 0.3) is 0 Å². The molecule has 1 aliphatic rings. The molecule has 0 radical (unpaired) electrons. The third-order valence-corrected chi connectivity index (χ3v) is 4.32. The van der Waals surface area contributed by atoms with E-state index in [0.717, 1.165) is 15.6 Å². The lowest BCUT2D eigenvalue weighted by molar-refractivity contribution is -0.129. The van der Waals surface area contributed by atoms with Crippen molar-refractivity contribution in [2.45, 2.75) is 26.2 Å². The number of cyclic esters (lactones) is 1. The third-order valence-electron chi connectivity index (χ3n) is 3.79. The zero-order chi connectivity index (χ0) is 17.3. The summed E-state index contributed by atoms with van der Waals surface area (Å²) in [6.07, 6.45) is 1.73. The van der Waals surface area contributed by atoms with E-state index in [9.17, 15) is 4.79 Å². The van der Waals surface area contributed by atoms with Gasteiger partial charge in [-0.1, -0.05) is 61.0 Å². The van der Waals surface area contributed by atoms with Gasteiger partial charge in [-0.2, -0.15) is 0 Å². The second-order valence-corrected chi connectivity index (χ2v) is 7.63. The van der Waals surface area contributed by atoms with Crippen LogP contribution in [0.5, 0.6) is 0 Å². The fourth-order valence-electron chi connectivity index (χ4n) is 2.36. The molecule has 1 heterocycles. The Morgan fingerprint density at radius 3 is 2.21 bits per heavy atom. The van der Waals surface area contributed by atoms with Crippen LogP contribution in [-0.2, 0) is 14.9 Å². The van der Waals surface area contributed by atoms with Gasteiger partial charge in [0.15, 0.2) is 5.70 Å². The molecule has 0 aliphatic carbocycles. The predicted molar refractivity (Wildman–Crippen MR) is 99.9 cm³/mol. The van der Waals surface area contributed by atoms with Gasteiger partial charge in [0, 0.05) is 10.0 Å².